The first-order valence-electron chi connectivity index (χ1n) is 11.5. The fourth-order valence-corrected chi connectivity index (χ4v) is 4.53. The summed E-state index contributed by atoms with van der Waals surface area (Å²) in [5.74, 6) is 0.664. The van der Waals surface area contributed by atoms with Gasteiger partial charge in [-0.3, -0.25) is 8.74 Å². The third kappa shape index (κ3) is 56.4. The van der Waals surface area contributed by atoms with E-state index < -0.39 is 31.2 Å². The molecule has 1 aromatic rings. The van der Waals surface area contributed by atoms with Gasteiger partial charge in [0.15, 0.2) is 0 Å². The van der Waals surface area contributed by atoms with Crippen LogP contribution in [0.15, 0.2) is 67.1 Å². The maximum Gasteiger partial charge on any atom is 1.00 e. The Morgan fingerprint density at radius 2 is 1.20 bits per heavy atom. The van der Waals surface area contributed by atoms with Crippen molar-refractivity contribution >= 4 is 87.6 Å². The Hall–Kier alpha value is 2.78. The molecule has 0 spiro atoms. The van der Waals surface area contributed by atoms with Crippen LogP contribution in [0.1, 0.15) is 45.6 Å². The van der Waals surface area contributed by atoms with E-state index >= 15 is 0 Å². The summed E-state index contributed by atoms with van der Waals surface area (Å²) in [6, 6.07) is 6.62. The summed E-state index contributed by atoms with van der Waals surface area (Å²) in [6.45, 7) is 18.6. The van der Waals surface area contributed by atoms with Crippen molar-refractivity contribution in [3.05, 3.63) is 67.8 Å². The van der Waals surface area contributed by atoms with Gasteiger partial charge in [0.1, 0.15) is 0 Å². The van der Waals surface area contributed by atoms with Gasteiger partial charge in [-0.25, -0.2) is 0 Å². The van der Waals surface area contributed by atoms with E-state index in [4.69, 9.17) is 21.7 Å². The molecule has 45 heavy (non-hydrogen) atoms. The van der Waals surface area contributed by atoms with Crippen LogP contribution in [-0.4, -0.2) is 43.6 Å². The van der Waals surface area contributed by atoms with Crippen LogP contribution in [0.5, 0.6) is 0 Å². The Balaban J connectivity index is -0.0000000479. The summed E-state index contributed by atoms with van der Waals surface area (Å²) in [5, 5.41) is 1.08. The topological polar surface area (TPSA) is 155 Å². The molecule has 0 saturated heterocycles. The van der Waals surface area contributed by atoms with Crippen LogP contribution in [0.4, 0.5) is 0 Å². The third-order valence-electron chi connectivity index (χ3n) is 4.28. The van der Waals surface area contributed by atoms with Gasteiger partial charge in [-0.15, -0.1) is 19.7 Å². The fourth-order valence-electron chi connectivity index (χ4n) is 2.39. The number of alkyl halides is 1. The van der Waals surface area contributed by atoms with Gasteiger partial charge >= 0.3 is 78.0 Å². The second-order valence-corrected chi connectivity index (χ2v) is 12.7. The van der Waals surface area contributed by atoms with Gasteiger partial charge in [0, 0.05) is 5.33 Å². The zero-order valence-electron chi connectivity index (χ0n) is 27.3. The fraction of sp³-hybridized carbons (Fsp3) is 0.520. The Labute approximate surface area is 371 Å². The minimum atomic E-state index is -3.79. The molecule has 0 fully saturated rings. The van der Waals surface area contributed by atoms with Crippen LogP contribution in [0.2, 0.25) is 0 Å². The van der Waals surface area contributed by atoms with Crippen LogP contribution >= 0.6 is 56.4 Å². The summed E-state index contributed by atoms with van der Waals surface area (Å²) >= 11 is 3.37. The van der Waals surface area contributed by atoms with Crippen LogP contribution < -0.4 is 95.0 Å². The molecule has 0 aliphatic rings. The zero-order valence-corrected chi connectivity index (χ0v) is 40.0. The minimum absolute atomic E-state index is 0. The molecule has 0 radical (unpaired) electrons. The van der Waals surface area contributed by atoms with Crippen molar-refractivity contribution in [2.75, 3.05) is 17.7 Å². The average molecular weight is 897 g/mol. The molecule has 0 bridgehead atoms. The molecule has 1 rings (SSSR count). The van der Waals surface area contributed by atoms with E-state index in [-0.39, 0.29) is 165 Å². The Morgan fingerprint density at radius 3 is 1.49 bits per heavy atom. The van der Waals surface area contributed by atoms with Gasteiger partial charge in [0.25, 0.3) is 20.2 Å². The standard InChI is InChI=1S/C13H18O3S.C6H11Br.C6H12O3S.BrH.Li.2Na.O3S.3H2S/c1-4-5-12(3)10-16-17(14,15)13-8-6-11(2)7-9-13;1-3-4-6(2)5-7;1-3-4-6(2)5-10(7,8)9;;;;;1-4(2)3;;;/h4,6-9,12H,1,5,10H2,2-3H3;3,6H,1,4-5H2,2H3;3,6H,1,4-5H2,2H3,(H,7,8,9);1H;;;;;3*1H2/q;;;;3*+1;-2;;;/p-1/t12-;2*6-;;;;;;;;/m000......../s1. The van der Waals surface area contributed by atoms with E-state index in [2.05, 4.69) is 42.6 Å². The number of benzene rings is 1. The molecule has 0 saturated carbocycles. The molecule has 0 aliphatic carbocycles. The first-order valence-corrected chi connectivity index (χ1v) is 16.7. The van der Waals surface area contributed by atoms with Gasteiger partial charge in [0.2, 0.25) is 0 Å². The molecule has 3 atom stereocenters. The number of allylic oxidation sites excluding steroid dienone is 3. The first-order chi connectivity index (χ1) is 17.4. The number of aryl methyl sites for hydroxylation is 1. The van der Waals surface area contributed by atoms with Gasteiger partial charge < -0.3 is 30.0 Å². The average Bonchev–Trinajstić information content (AvgIpc) is 2.78. The molecule has 1 aromatic carbocycles. The molecular weight excluding hydrogens is 849 g/mol. The number of rotatable bonds is 13. The zero-order chi connectivity index (χ0) is 30.4. The summed E-state index contributed by atoms with van der Waals surface area (Å²) in [4.78, 5) is 0.203. The van der Waals surface area contributed by atoms with Crippen molar-refractivity contribution in [1.82, 2.24) is 0 Å². The van der Waals surface area contributed by atoms with Gasteiger partial charge in [-0.1, -0.05) is 72.6 Å². The van der Waals surface area contributed by atoms with Crippen LogP contribution in [0.3, 0.4) is 0 Å². The first kappa shape index (κ1) is 73.3. The summed E-state index contributed by atoms with van der Waals surface area (Å²) in [7, 11) is -10.5. The van der Waals surface area contributed by atoms with E-state index in [1.54, 1.807) is 43.3 Å². The van der Waals surface area contributed by atoms with E-state index in [0.29, 0.717) is 6.42 Å². The van der Waals surface area contributed by atoms with Gasteiger partial charge in [0.05, 0.1) is 17.3 Å². The van der Waals surface area contributed by atoms with Crippen LogP contribution in [0.25, 0.3) is 0 Å². The number of hydrogen-bond donors (Lipinski definition) is 1. The molecule has 0 amide bonds. The molecule has 0 aliphatic heterocycles. The third-order valence-corrected chi connectivity index (χ3v) is 7.67. The van der Waals surface area contributed by atoms with E-state index in [9.17, 15) is 16.8 Å². The Kier molecular flexibility index (Phi) is 72.9. The SMILES string of the molecule is C=CC[C@H](C)CBr.C=CC[C@H](C)COS(=O)(=O)c1ccc(C)cc1.C=CC[C@H](C)CS(=O)(=O)O.O=[S-](=O)[O-].S.S.S.[Br-].[Li+].[Na+].[Na+]. The quantitative estimate of drug-likeness (QED) is 0.0389. The normalized spacial score (nSPS) is 11.1. The number of hydrogen-bond acceptors (Lipinski definition) is 9. The molecule has 0 heterocycles. The van der Waals surface area contributed by atoms with Crippen molar-refractivity contribution in [2.24, 2.45) is 17.8 Å². The number of halogens is 2. The Morgan fingerprint density at radius 1 is 0.867 bits per heavy atom. The monoisotopic (exact) mass is 894 g/mol. The molecule has 1 N–H and O–H groups in total. The summed E-state index contributed by atoms with van der Waals surface area (Å²) < 4.78 is 82.8. The largest absolute Gasteiger partial charge is 1.00 e. The Bertz CT molecular complexity index is 1090. The predicted molar refractivity (Wildman–Crippen MR) is 187 cm³/mol. The van der Waals surface area contributed by atoms with Crippen molar-refractivity contribution in [3.8, 4) is 0 Å². The second kappa shape index (κ2) is 44.8. The van der Waals surface area contributed by atoms with E-state index in [1.807, 2.05) is 19.9 Å². The van der Waals surface area contributed by atoms with E-state index in [1.165, 1.54) is 0 Å². The van der Waals surface area contributed by atoms with Crippen LogP contribution in [-0.2, 0) is 43.8 Å². The van der Waals surface area contributed by atoms with E-state index in [0.717, 1.165) is 29.7 Å². The van der Waals surface area contributed by atoms with Crippen molar-refractivity contribution in [1.29, 1.82) is 0 Å². The van der Waals surface area contributed by atoms with Crippen molar-refractivity contribution in [3.63, 3.8) is 0 Å². The minimum Gasteiger partial charge on any atom is -1.00 e. The van der Waals surface area contributed by atoms with Crippen molar-refractivity contribution in [2.45, 2.75) is 51.9 Å². The molecule has 0 unspecified atom stereocenters. The molecule has 254 valence electrons. The molecule has 0 aromatic heterocycles. The molecule has 20 heteroatoms. The second-order valence-electron chi connectivity index (χ2n) is 8.55. The van der Waals surface area contributed by atoms with Gasteiger partial charge in [-0.2, -0.15) is 68.3 Å². The van der Waals surface area contributed by atoms with Gasteiger partial charge in [-0.05, 0) is 56.1 Å². The predicted octanol–water partition coefficient (Wildman–Crippen LogP) is -5.63. The maximum absolute atomic E-state index is 11.8. The van der Waals surface area contributed by atoms with Crippen LogP contribution in [0, 0.1) is 24.7 Å². The van der Waals surface area contributed by atoms with Crippen molar-refractivity contribution < 1.29 is 133 Å². The maximum atomic E-state index is 11.8. The molecule has 9 nitrogen and oxygen atoms in total. The summed E-state index contributed by atoms with van der Waals surface area (Å²) in [6.07, 6.45) is 7.81. The summed E-state index contributed by atoms with van der Waals surface area (Å²) in [5.41, 5.74) is 1.02. The smallest absolute Gasteiger partial charge is 1.00 e. The molecular formula is C25H47Br2LiNa2O9S6.